The Morgan fingerprint density at radius 2 is 2.11 bits per heavy atom. The highest BCUT2D eigenvalue weighted by molar-refractivity contribution is 7.89. The van der Waals surface area contributed by atoms with Crippen molar-refractivity contribution in [3.8, 4) is 11.8 Å². The molecule has 0 heterocycles. The van der Waals surface area contributed by atoms with Crippen molar-refractivity contribution < 1.29 is 8.42 Å². The molecule has 4 nitrogen and oxygen atoms in total. The van der Waals surface area contributed by atoms with E-state index in [1.165, 1.54) is 12.1 Å². The van der Waals surface area contributed by atoms with Crippen LogP contribution in [0.1, 0.15) is 19.4 Å². The van der Waals surface area contributed by atoms with Gasteiger partial charge in [-0.2, -0.15) is 0 Å². The number of sulfonamides is 1. The Kier molecular flexibility index (Phi) is 5.83. The van der Waals surface area contributed by atoms with Crippen molar-refractivity contribution in [2.24, 2.45) is 11.7 Å². The maximum absolute atomic E-state index is 12.0. The molecular formula is C13H17ClN2O2S. The molecule has 1 aromatic carbocycles. The van der Waals surface area contributed by atoms with Gasteiger partial charge in [-0.05, 0) is 24.1 Å². The van der Waals surface area contributed by atoms with Crippen molar-refractivity contribution in [2.45, 2.75) is 18.7 Å². The number of rotatable bonds is 4. The predicted molar refractivity (Wildman–Crippen MR) is 77.4 cm³/mol. The zero-order chi connectivity index (χ0) is 14.5. The van der Waals surface area contributed by atoms with Crippen LogP contribution in [-0.4, -0.2) is 21.5 Å². The third-order valence-electron chi connectivity index (χ3n) is 2.24. The Bertz CT molecular complexity index is 601. The molecule has 0 bridgehead atoms. The molecule has 0 aromatic heterocycles. The first-order valence-corrected chi connectivity index (χ1v) is 7.71. The number of hydrogen-bond acceptors (Lipinski definition) is 3. The van der Waals surface area contributed by atoms with Crippen LogP contribution in [0.2, 0.25) is 5.02 Å². The summed E-state index contributed by atoms with van der Waals surface area (Å²) < 4.78 is 26.6. The molecule has 0 atom stereocenters. The van der Waals surface area contributed by atoms with Gasteiger partial charge in [0.15, 0.2) is 0 Å². The minimum absolute atomic E-state index is 0.0631. The maximum Gasteiger partial charge on any atom is 0.242 e. The summed E-state index contributed by atoms with van der Waals surface area (Å²) in [5.74, 6) is 5.71. The van der Waals surface area contributed by atoms with Gasteiger partial charge in [-0.3, -0.25) is 0 Å². The topological polar surface area (TPSA) is 72.2 Å². The molecule has 0 amide bonds. The Hall–Kier alpha value is -1.06. The fraction of sp³-hybridized carbons (Fsp3) is 0.385. The lowest BCUT2D eigenvalue weighted by atomic mass is 10.2. The molecule has 0 saturated heterocycles. The van der Waals surface area contributed by atoms with E-state index in [0.29, 0.717) is 12.1 Å². The van der Waals surface area contributed by atoms with E-state index < -0.39 is 10.0 Å². The Balaban J connectivity index is 3.02. The number of halogens is 1. The van der Waals surface area contributed by atoms with Gasteiger partial charge in [0, 0.05) is 12.1 Å². The van der Waals surface area contributed by atoms with E-state index in [0.717, 1.165) is 0 Å². The molecule has 3 N–H and O–H groups in total. The Morgan fingerprint density at radius 3 is 2.63 bits per heavy atom. The molecule has 0 radical (unpaired) electrons. The number of nitrogens with one attached hydrogen (secondary N) is 1. The van der Waals surface area contributed by atoms with Gasteiger partial charge in [0.05, 0.1) is 11.6 Å². The molecule has 0 spiro atoms. The number of hydrogen-bond donors (Lipinski definition) is 2. The molecule has 0 aliphatic carbocycles. The van der Waals surface area contributed by atoms with E-state index in [2.05, 4.69) is 16.6 Å². The molecular weight excluding hydrogens is 284 g/mol. The van der Waals surface area contributed by atoms with Gasteiger partial charge < -0.3 is 5.73 Å². The quantitative estimate of drug-likeness (QED) is 0.829. The predicted octanol–water partition coefficient (Wildman–Crippen LogP) is 1.58. The van der Waals surface area contributed by atoms with Gasteiger partial charge in [-0.25, -0.2) is 13.1 Å². The van der Waals surface area contributed by atoms with Crippen molar-refractivity contribution in [3.05, 3.63) is 28.8 Å². The fourth-order valence-electron chi connectivity index (χ4n) is 1.30. The van der Waals surface area contributed by atoms with Gasteiger partial charge in [-0.1, -0.05) is 37.3 Å². The second-order valence-corrected chi connectivity index (χ2v) is 6.54. The zero-order valence-electron chi connectivity index (χ0n) is 10.9. The molecule has 0 aliphatic heterocycles. The highest BCUT2D eigenvalue weighted by Gasteiger charge is 2.17. The van der Waals surface area contributed by atoms with Crippen molar-refractivity contribution in [1.29, 1.82) is 0 Å². The average molecular weight is 301 g/mol. The summed E-state index contributed by atoms with van der Waals surface area (Å²) in [6, 6.07) is 4.58. The van der Waals surface area contributed by atoms with Crippen LogP contribution in [-0.2, 0) is 10.0 Å². The zero-order valence-corrected chi connectivity index (χ0v) is 12.5. The maximum atomic E-state index is 12.0. The second-order valence-electron chi connectivity index (χ2n) is 4.40. The summed E-state index contributed by atoms with van der Waals surface area (Å²) in [6.45, 7) is 4.46. The Labute approximate surface area is 119 Å². The number of benzene rings is 1. The monoisotopic (exact) mass is 300 g/mol. The Morgan fingerprint density at radius 1 is 1.42 bits per heavy atom. The largest absolute Gasteiger partial charge is 0.320 e. The number of nitrogens with two attached hydrogens (primary N) is 1. The SMILES string of the molecule is CC(C)CNS(=O)(=O)c1ccc(C#CCN)cc1Cl. The molecule has 104 valence electrons. The smallest absolute Gasteiger partial charge is 0.242 e. The van der Waals surface area contributed by atoms with Gasteiger partial charge in [-0.15, -0.1) is 0 Å². The van der Waals surface area contributed by atoms with E-state index in [4.69, 9.17) is 17.3 Å². The first-order chi connectivity index (χ1) is 8.86. The van der Waals surface area contributed by atoms with Crippen molar-refractivity contribution in [1.82, 2.24) is 4.72 Å². The highest BCUT2D eigenvalue weighted by Crippen LogP contribution is 2.22. The highest BCUT2D eigenvalue weighted by atomic mass is 35.5. The van der Waals surface area contributed by atoms with E-state index in [-0.39, 0.29) is 22.4 Å². The second kappa shape index (κ2) is 6.92. The lowest BCUT2D eigenvalue weighted by Crippen LogP contribution is -2.27. The van der Waals surface area contributed by atoms with Gasteiger partial charge in [0.2, 0.25) is 10.0 Å². The van der Waals surface area contributed by atoms with E-state index in [1.54, 1.807) is 6.07 Å². The van der Waals surface area contributed by atoms with Gasteiger partial charge in [0.1, 0.15) is 4.90 Å². The van der Waals surface area contributed by atoms with Gasteiger partial charge in [0.25, 0.3) is 0 Å². The van der Waals surface area contributed by atoms with Crippen LogP contribution in [0.15, 0.2) is 23.1 Å². The molecule has 0 fully saturated rings. The van der Waals surface area contributed by atoms with Crippen molar-refractivity contribution in [2.75, 3.05) is 13.1 Å². The average Bonchev–Trinajstić information content (AvgIpc) is 2.34. The molecule has 0 unspecified atom stereocenters. The van der Waals surface area contributed by atoms with Crippen LogP contribution in [0, 0.1) is 17.8 Å². The molecule has 0 aliphatic rings. The first-order valence-electron chi connectivity index (χ1n) is 5.85. The van der Waals surface area contributed by atoms with Crippen LogP contribution in [0.25, 0.3) is 0 Å². The molecule has 19 heavy (non-hydrogen) atoms. The van der Waals surface area contributed by atoms with Crippen molar-refractivity contribution in [3.63, 3.8) is 0 Å². The summed E-state index contributed by atoms with van der Waals surface area (Å²) in [5.41, 5.74) is 5.91. The molecule has 1 aromatic rings. The molecule has 1 rings (SSSR count). The minimum Gasteiger partial charge on any atom is -0.320 e. The van der Waals surface area contributed by atoms with Crippen LogP contribution < -0.4 is 10.5 Å². The van der Waals surface area contributed by atoms with Crippen molar-refractivity contribution >= 4 is 21.6 Å². The molecule has 6 heteroatoms. The summed E-state index contributed by atoms with van der Waals surface area (Å²) in [4.78, 5) is 0.0631. The van der Waals surface area contributed by atoms with Crippen LogP contribution in [0.4, 0.5) is 0 Å². The normalized spacial score (nSPS) is 11.2. The van der Waals surface area contributed by atoms with Crippen LogP contribution >= 0.6 is 11.6 Å². The third-order valence-corrected chi connectivity index (χ3v) is 4.14. The van der Waals surface area contributed by atoms with Crippen LogP contribution in [0.5, 0.6) is 0 Å². The van der Waals surface area contributed by atoms with Gasteiger partial charge >= 0.3 is 0 Å². The lowest BCUT2D eigenvalue weighted by Gasteiger charge is -2.10. The first kappa shape index (κ1) is 16.0. The summed E-state index contributed by atoms with van der Waals surface area (Å²) in [5, 5.41) is 0.153. The lowest BCUT2D eigenvalue weighted by molar-refractivity contribution is 0.560. The van der Waals surface area contributed by atoms with E-state index in [1.807, 2.05) is 13.8 Å². The summed E-state index contributed by atoms with van der Waals surface area (Å²) >= 11 is 5.99. The third kappa shape index (κ3) is 4.84. The van der Waals surface area contributed by atoms with E-state index in [9.17, 15) is 8.42 Å². The summed E-state index contributed by atoms with van der Waals surface area (Å²) in [6.07, 6.45) is 0. The summed E-state index contributed by atoms with van der Waals surface area (Å²) in [7, 11) is -3.58. The van der Waals surface area contributed by atoms with Crippen LogP contribution in [0.3, 0.4) is 0 Å². The standard InChI is InChI=1S/C13H17ClN2O2S/c1-10(2)9-16-19(17,18)13-6-5-11(4-3-7-15)8-12(13)14/h5-6,8,10,16H,7,9,15H2,1-2H3. The fourth-order valence-corrected chi connectivity index (χ4v) is 3.06. The molecule has 0 saturated carbocycles. The minimum atomic E-state index is -3.58. The van der Waals surface area contributed by atoms with E-state index >= 15 is 0 Å².